The van der Waals surface area contributed by atoms with Crippen LogP contribution in [0.4, 0.5) is 0 Å². The van der Waals surface area contributed by atoms with E-state index in [-0.39, 0.29) is 6.61 Å². The first kappa shape index (κ1) is 15.9. The van der Waals surface area contributed by atoms with E-state index < -0.39 is 23.1 Å². The molecule has 0 aromatic rings. The number of esters is 2. The topological polar surface area (TPSA) is 78.6 Å². The second-order valence-electron chi connectivity index (χ2n) is 5.19. The Morgan fingerprint density at radius 3 is 2.06 bits per heavy atom. The smallest absolute Gasteiger partial charge is 0.338 e. The quantitative estimate of drug-likeness (QED) is 0.450. The average molecular weight is 245 g/mol. The fourth-order valence-electron chi connectivity index (χ4n) is 0.927. The van der Waals surface area contributed by atoms with E-state index in [4.69, 9.17) is 15.2 Å². The Labute approximate surface area is 103 Å². The molecule has 0 aliphatic heterocycles. The summed E-state index contributed by atoms with van der Waals surface area (Å²) in [6.07, 6.45) is 1.65. The highest BCUT2D eigenvalue weighted by Gasteiger charge is 2.42. The van der Waals surface area contributed by atoms with Gasteiger partial charge in [0.05, 0.1) is 6.61 Å². The van der Waals surface area contributed by atoms with Gasteiger partial charge in [-0.2, -0.15) is 0 Å². The van der Waals surface area contributed by atoms with Crippen LogP contribution in [-0.2, 0) is 19.1 Å². The molecule has 0 radical (unpaired) electrons. The Morgan fingerprint density at radius 1 is 1.12 bits per heavy atom. The van der Waals surface area contributed by atoms with E-state index in [0.29, 0.717) is 0 Å². The Morgan fingerprint density at radius 2 is 1.65 bits per heavy atom. The van der Waals surface area contributed by atoms with Gasteiger partial charge >= 0.3 is 11.9 Å². The molecular weight excluding hydrogens is 222 g/mol. The maximum absolute atomic E-state index is 11.7. The van der Waals surface area contributed by atoms with Gasteiger partial charge in [0.2, 0.25) is 5.54 Å². The molecule has 1 atom stereocenters. The molecular formula is C12H23NO4. The van der Waals surface area contributed by atoms with Gasteiger partial charge in [0.1, 0.15) is 5.60 Å². The van der Waals surface area contributed by atoms with Gasteiger partial charge in [-0.05, 0) is 34.1 Å². The molecule has 0 saturated carbocycles. The van der Waals surface area contributed by atoms with E-state index in [0.717, 1.165) is 12.8 Å². The summed E-state index contributed by atoms with van der Waals surface area (Å²) in [7, 11) is 0. The van der Waals surface area contributed by atoms with Gasteiger partial charge in [-0.25, -0.2) is 9.59 Å². The lowest BCUT2D eigenvalue weighted by molar-refractivity contribution is -0.170. The summed E-state index contributed by atoms with van der Waals surface area (Å²) in [5.74, 6) is -1.52. The molecule has 5 heteroatoms. The van der Waals surface area contributed by atoms with Crippen molar-refractivity contribution in [3.8, 4) is 0 Å². The van der Waals surface area contributed by atoms with Crippen LogP contribution in [0, 0.1) is 0 Å². The molecule has 5 nitrogen and oxygen atoms in total. The largest absolute Gasteiger partial charge is 0.464 e. The SMILES string of the molecule is CCCCOC(=O)C(C)(N)C(=O)OC(C)(C)C. The maximum atomic E-state index is 11.7. The summed E-state index contributed by atoms with van der Waals surface area (Å²) in [4.78, 5) is 23.3. The number of unbranched alkanes of at least 4 members (excludes halogenated alkanes) is 1. The van der Waals surface area contributed by atoms with E-state index in [1.54, 1.807) is 20.8 Å². The average Bonchev–Trinajstić information content (AvgIpc) is 2.15. The van der Waals surface area contributed by atoms with E-state index >= 15 is 0 Å². The van der Waals surface area contributed by atoms with Crippen molar-refractivity contribution in [1.29, 1.82) is 0 Å². The third kappa shape index (κ3) is 5.68. The van der Waals surface area contributed by atoms with Crippen molar-refractivity contribution in [3.63, 3.8) is 0 Å². The number of carbonyl (C=O) groups is 2. The van der Waals surface area contributed by atoms with Gasteiger partial charge in [-0.3, -0.25) is 0 Å². The summed E-state index contributed by atoms with van der Waals surface area (Å²) in [5.41, 5.74) is 3.22. The molecule has 0 amide bonds. The van der Waals surface area contributed by atoms with Gasteiger partial charge in [0.25, 0.3) is 0 Å². The van der Waals surface area contributed by atoms with Crippen LogP contribution in [0.25, 0.3) is 0 Å². The van der Waals surface area contributed by atoms with Crippen LogP contribution in [-0.4, -0.2) is 29.7 Å². The Kier molecular flexibility index (Phi) is 5.61. The molecule has 17 heavy (non-hydrogen) atoms. The third-order valence-electron chi connectivity index (χ3n) is 1.98. The summed E-state index contributed by atoms with van der Waals surface area (Å²) in [5, 5.41) is 0. The lowest BCUT2D eigenvalue weighted by atomic mass is 10.0. The number of hydrogen-bond acceptors (Lipinski definition) is 5. The van der Waals surface area contributed by atoms with Crippen molar-refractivity contribution in [3.05, 3.63) is 0 Å². The van der Waals surface area contributed by atoms with Crippen molar-refractivity contribution in [1.82, 2.24) is 0 Å². The van der Waals surface area contributed by atoms with Gasteiger partial charge in [-0.1, -0.05) is 13.3 Å². The van der Waals surface area contributed by atoms with Gasteiger partial charge in [0, 0.05) is 0 Å². The van der Waals surface area contributed by atoms with Crippen LogP contribution < -0.4 is 5.73 Å². The zero-order chi connectivity index (χ0) is 13.7. The number of nitrogens with two attached hydrogens (primary N) is 1. The van der Waals surface area contributed by atoms with Crippen LogP contribution in [0.15, 0.2) is 0 Å². The van der Waals surface area contributed by atoms with Crippen LogP contribution in [0.5, 0.6) is 0 Å². The number of carbonyl (C=O) groups excluding carboxylic acids is 2. The molecule has 0 fully saturated rings. The van der Waals surface area contributed by atoms with E-state index in [1.807, 2.05) is 6.92 Å². The summed E-state index contributed by atoms with van der Waals surface area (Å²) in [6.45, 7) is 8.68. The number of hydrogen-bond donors (Lipinski definition) is 1. The third-order valence-corrected chi connectivity index (χ3v) is 1.98. The van der Waals surface area contributed by atoms with Gasteiger partial charge < -0.3 is 15.2 Å². The molecule has 1 unspecified atom stereocenters. The van der Waals surface area contributed by atoms with E-state index in [1.165, 1.54) is 6.92 Å². The molecule has 2 N–H and O–H groups in total. The zero-order valence-electron chi connectivity index (χ0n) is 11.3. The van der Waals surface area contributed by atoms with Crippen LogP contribution in [0.2, 0.25) is 0 Å². The minimum atomic E-state index is -1.75. The minimum Gasteiger partial charge on any atom is -0.464 e. The molecule has 0 saturated heterocycles. The summed E-state index contributed by atoms with van der Waals surface area (Å²) < 4.78 is 9.98. The van der Waals surface area contributed by atoms with Crippen LogP contribution >= 0.6 is 0 Å². The van der Waals surface area contributed by atoms with Crippen molar-refractivity contribution in [2.75, 3.05) is 6.61 Å². The van der Waals surface area contributed by atoms with Crippen molar-refractivity contribution in [2.45, 2.75) is 58.6 Å². The summed E-state index contributed by atoms with van der Waals surface area (Å²) in [6, 6.07) is 0. The second-order valence-corrected chi connectivity index (χ2v) is 5.19. The predicted molar refractivity (Wildman–Crippen MR) is 64.3 cm³/mol. The molecule has 0 heterocycles. The Hall–Kier alpha value is -1.10. The fourth-order valence-corrected chi connectivity index (χ4v) is 0.927. The van der Waals surface area contributed by atoms with Crippen LogP contribution in [0.3, 0.4) is 0 Å². The van der Waals surface area contributed by atoms with Gasteiger partial charge in [0.15, 0.2) is 0 Å². The molecule has 0 aromatic heterocycles. The first-order chi connectivity index (χ1) is 7.61. The Bertz CT molecular complexity index is 279. The maximum Gasteiger partial charge on any atom is 0.338 e. The number of ether oxygens (including phenoxy) is 2. The molecule has 0 bridgehead atoms. The normalized spacial score (nSPS) is 14.9. The molecule has 0 rings (SSSR count). The summed E-state index contributed by atoms with van der Waals surface area (Å²) >= 11 is 0. The monoisotopic (exact) mass is 245 g/mol. The molecule has 100 valence electrons. The van der Waals surface area contributed by atoms with Crippen LogP contribution in [0.1, 0.15) is 47.5 Å². The Balaban J connectivity index is 4.44. The first-order valence-electron chi connectivity index (χ1n) is 5.81. The standard InChI is InChI=1S/C12H23NO4/c1-6-7-8-16-9(14)12(5,13)10(15)17-11(2,3)4/h6-8,13H2,1-5H3. The molecule has 0 aliphatic rings. The van der Waals surface area contributed by atoms with E-state index in [2.05, 4.69) is 0 Å². The fraction of sp³-hybridized carbons (Fsp3) is 0.833. The zero-order valence-corrected chi connectivity index (χ0v) is 11.3. The second kappa shape index (κ2) is 6.00. The molecule has 0 spiro atoms. The highest BCUT2D eigenvalue weighted by atomic mass is 16.6. The molecule has 0 aliphatic carbocycles. The lowest BCUT2D eigenvalue weighted by Gasteiger charge is -2.26. The highest BCUT2D eigenvalue weighted by Crippen LogP contribution is 2.14. The van der Waals surface area contributed by atoms with Crippen molar-refractivity contribution < 1.29 is 19.1 Å². The highest BCUT2D eigenvalue weighted by molar-refractivity contribution is 6.04. The predicted octanol–water partition coefficient (Wildman–Crippen LogP) is 1.39. The van der Waals surface area contributed by atoms with Crippen molar-refractivity contribution in [2.24, 2.45) is 5.73 Å². The first-order valence-corrected chi connectivity index (χ1v) is 5.81. The lowest BCUT2D eigenvalue weighted by Crippen LogP contribution is -2.55. The number of rotatable bonds is 5. The van der Waals surface area contributed by atoms with E-state index in [9.17, 15) is 9.59 Å². The molecule has 0 aromatic carbocycles. The van der Waals surface area contributed by atoms with Crippen molar-refractivity contribution >= 4 is 11.9 Å². The minimum absolute atomic E-state index is 0.269. The van der Waals surface area contributed by atoms with Gasteiger partial charge in [-0.15, -0.1) is 0 Å².